The quantitative estimate of drug-likeness (QED) is 0.613. The summed E-state index contributed by atoms with van der Waals surface area (Å²) in [4.78, 5) is 11.6. The summed E-state index contributed by atoms with van der Waals surface area (Å²) in [6.45, 7) is 0. The van der Waals surface area contributed by atoms with Gasteiger partial charge in [-0.2, -0.15) is 0 Å². The van der Waals surface area contributed by atoms with E-state index < -0.39 is 26.8 Å². The molecule has 3 rings (SSSR count). The molecule has 0 spiro atoms. The molecule has 0 saturated heterocycles. The average molecular weight is 385 g/mol. The summed E-state index contributed by atoms with van der Waals surface area (Å²) in [5.74, 6) is -0.846. The lowest BCUT2D eigenvalue weighted by atomic mass is 10.3. The zero-order valence-corrected chi connectivity index (χ0v) is 14.8. The number of carbonyl (C=O) groups is 1. The number of anilines is 3. The standard InChI is InChI=1S/C19H16FN3O3S/c20-17-11-4-5-12-18(17)27(25,26)23-16-10-6-9-15(13-16)22-19(24)21-14-7-2-1-3-8-14/h1-13,23H,(H2,21,22,24). The number of para-hydroxylation sites is 1. The minimum atomic E-state index is -4.09. The Morgan fingerprint density at radius 1 is 0.741 bits per heavy atom. The van der Waals surface area contributed by atoms with E-state index in [0.717, 1.165) is 6.07 Å². The highest BCUT2D eigenvalue weighted by atomic mass is 32.2. The molecule has 3 aromatic carbocycles. The van der Waals surface area contributed by atoms with Crippen LogP contribution in [-0.4, -0.2) is 14.4 Å². The van der Waals surface area contributed by atoms with Gasteiger partial charge in [-0.15, -0.1) is 0 Å². The van der Waals surface area contributed by atoms with Crippen LogP contribution < -0.4 is 15.4 Å². The topological polar surface area (TPSA) is 87.3 Å². The molecule has 3 aromatic rings. The van der Waals surface area contributed by atoms with E-state index in [2.05, 4.69) is 15.4 Å². The summed E-state index contributed by atoms with van der Waals surface area (Å²) < 4.78 is 40.8. The van der Waals surface area contributed by atoms with Crippen LogP contribution in [0.15, 0.2) is 83.8 Å². The predicted octanol–water partition coefficient (Wildman–Crippen LogP) is 4.27. The van der Waals surface area contributed by atoms with Crippen LogP contribution in [0.2, 0.25) is 0 Å². The lowest BCUT2D eigenvalue weighted by molar-refractivity contribution is 0.262. The molecular weight excluding hydrogens is 369 g/mol. The second kappa shape index (κ2) is 7.88. The van der Waals surface area contributed by atoms with Gasteiger partial charge < -0.3 is 10.6 Å². The van der Waals surface area contributed by atoms with E-state index in [1.165, 1.54) is 30.3 Å². The van der Waals surface area contributed by atoms with Crippen LogP contribution in [-0.2, 0) is 10.0 Å². The van der Waals surface area contributed by atoms with Crippen molar-refractivity contribution in [2.75, 3.05) is 15.4 Å². The number of rotatable bonds is 5. The van der Waals surface area contributed by atoms with Gasteiger partial charge in [-0.1, -0.05) is 36.4 Å². The van der Waals surface area contributed by atoms with Gasteiger partial charge in [0.1, 0.15) is 10.7 Å². The summed E-state index contributed by atoms with van der Waals surface area (Å²) in [6.07, 6.45) is 0. The summed E-state index contributed by atoms with van der Waals surface area (Å²) in [5.41, 5.74) is 1.18. The van der Waals surface area contributed by atoms with E-state index in [4.69, 9.17) is 0 Å². The van der Waals surface area contributed by atoms with E-state index in [1.54, 1.807) is 36.4 Å². The van der Waals surface area contributed by atoms with Crippen molar-refractivity contribution in [3.8, 4) is 0 Å². The van der Waals surface area contributed by atoms with Crippen molar-refractivity contribution in [3.63, 3.8) is 0 Å². The van der Waals surface area contributed by atoms with Crippen molar-refractivity contribution in [2.24, 2.45) is 0 Å². The number of nitrogens with one attached hydrogen (secondary N) is 3. The summed E-state index contributed by atoms with van der Waals surface area (Å²) in [7, 11) is -4.09. The van der Waals surface area contributed by atoms with Gasteiger partial charge in [0.15, 0.2) is 0 Å². The average Bonchev–Trinajstić information content (AvgIpc) is 2.62. The van der Waals surface area contributed by atoms with Gasteiger partial charge >= 0.3 is 6.03 Å². The van der Waals surface area contributed by atoms with Crippen LogP contribution in [0.25, 0.3) is 0 Å². The first kappa shape index (κ1) is 18.4. The number of hydrogen-bond acceptors (Lipinski definition) is 3. The Labute approximate surface area is 156 Å². The second-order valence-electron chi connectivity index (χ2n) is 5.56. The Kier molecular flexibility index (Phi) is 5.37. The highest BCUT2D eigenvalue weighted by molar-refractivity contribution is 7.92. The Morgan fingerprint density at radius 2 is 1.33 bits per heavy atom. The van der Waals surface area contributed by atoms with E-state index in [0.29, 0.717) is 11.4 Å². The predicted molar refractivity (Wildman–Crippen MR) is 103 cm³/mol. The minimum Gasteiger partial charge on any atom is -0.308 e. The molecule has 0 fully saturated rings. The van der Waals surface area contributed by atoms with Crippen molar-refractivity contribution in [1.82, 2.24) is 0 Å². The van der Waals surface area contributed by atoms with Crippen LogP contribution >= 0.6 is 0 Å². The Morgan fingerprint density at radius 3 is 2.07 bits per heavy atom. The van der Waals surface area contributed by atoms with E-state index in [9.17, 15) is 17.6 Å². The third-order valence-corrected chi connectivity index (χ3v) is 4.95. The zero-order valence-electron chi connectivity index (χ0n) is 14.0. The lowest BCUT2D eigenvalue weighted by Crippen LogP contribution is -2.19. The summed E-state index contributed by atoms with van der Waals surface area (Å²) in [5, 5.41) is 5.26. The molecule has 0 aliphatic heterocycles. The van der Waals surface area contributed by atoms with Gasteiger partial charge in [-0.25, -0.2) is 17.6 Å². The van der Waals surface area contributed by atoms with E-state index in [-0.39, 0.29) is 5.69 Å². The molecule has 0 aliphatic carbocycles. The molecule has 0 bridgehead atoms. The molecule has 0 heterocycles. The minimum absolute atomic E-state index is 0.191. The zero-order chi connectivity index (χ0) is 19.3. The van der Waals surface area contributed by atoms with Gasteiger partial charge in [0.25, 0.3) is 10.0 Å². The highest BCUT2D eigenvalue weighted by Gasteiger charge is 2.18. The molecule has 0 unspecified atom stereocenters. The van der Waals surface area contributed by atoms with Crippen LogP contribution in [0, 0.1) is 5.82 Å². The molecule has 27 heavy (non-hydrogen) atoms. The highest BCUT2D eigenvalue weighted by Crippen LogP contribution is 2.21. The van der Waals surface area contributed by atoms with Crippen molar-refractivity contribution >= 4 is 33.1 Å². The molecule has 2 amide bonds. The molecule has 0 saturated carbocycles. The van der Waals surface area contributed by atoms with Gasteiger partial charge in [-0.3, -0.25) is 4.72 Å². The molecule has 138 valence electrons. The number of urea groups is 1. The summed E-state index contributed by atoms with van der Waals surface area (Å²) in [6, 6.07) is 19.6. The van der Waals surface area contributed by atoms with Crippen LogP contribution in [0.4, 0.5) is 26.2 Å². The third-order valence-electron chi connectivity index (χ3n) is 3.53. The molecule has 6 nitrogen and oxygen atoms in total. The molecule has 0 radical (unpaired) electrons. The number of amides is 2. The third kappa shape index (κ3) is 4.83. The van der Waals surface area contributed by atoms with Gasteiger partial charge in [0.2, 0.25) is 0 Å². The first-order valence-corrected chi connectivity index (χ1v) is 9.43. The van der Waals surface area contributed by atoms with Crippen LogP contribution in [0.5, 0.6) is 0 Å². The van der Waals surface area contributed by atoms with Crippen molar-refractivity contribution < 1.29 is 17.6 Å². The van der Waals surface area contributed by atoms with Crippen LogP contribution in [0.3, 0.4) is 0 Å². The second-order valence-corrected chi connectivity index (χ2v) is 7.21. The maximum absolute atomic E-state index is 13.8. The number of halogens is 1. The lowest BCUT2D eigenvalue weighted by Gasteiger charge is -2.11. The Hall–Kier alpha value is -3.39. The van der Waals surface area contributed by atoms with Gasteiger partial charge in [0.05, 0.1) is 5.69 Å². The molecule has 3 N–H and O–H groups in total. The first-order chi connectivity index (χ1) is 12.9. The number of benzene rings is 3. The molecular formula is C19H16FN3O3S. The Bertz CT molecular complexity index is 1060. The van der Waals surface area contributed by atoms with Crippen molar-refractivity contribution in [1.29, 1.82) is 0 Å². The normalized spacial score (nSPS) is 10.9. The molecule has 0 atom stereocenters. The van der Waals surface area contributed by atoms with Gasteiger partial charge in [0, 0.05) is 11.4 Å². The van der Waals surface area contributed by atoms with E-state index in [1.807, 2.05) is 6.07 Å². The van der Waals surface area contributed by atoms with Gasteiger partial charge in [-0.05, 0) is 42.5 Å². The maximum atomic E-state index is 13.8. The Balaban J connectivity index is 1.72. The van der Waals surface area contributed by atoms with Crippen molar-refractivity contribution in [3.05, 3.63) is 84.7 Å². The fourth-order valence-electron chi connectivity index (χ4n) is 2.35. The number of hydrogen-bond donors (Lipinski definition) is 3. The smallest absolute Gasteiger partial charge is 0.308 e. The largest absolute Gasteiger partial charge is 0.323 e. The fourth-order valence-corrected chi connectivity index (χ4v) is 3.48. The number of carbonyl (C=O) groups excluding carboxylic acids is 1. The molecule has 8 heteroatoms. The molecule has 0 aliphatic rings. The molecule has 0 aromatic heterocycles. The summed E-state index contributed by atoms with van der Waals surface area (Å²) >= 11 is 0. The van der Waals surface area contributed by atoms with Crippen LogP contribution in [0.1, 0.15) is 0 Å². The number of sulfonamides is 1. The monoisotopic (exact) mass is 385 g/mol. The maximum Gasteiger partial charge on any atom is 0.323 e. The van der Waals surface area contributed by atoms with Crippen molar-refractivity contribution in [2.45, 2.75) is 4.90 Å². The fraction of sp³-hybridized carbons (Fsp3) is 0. The SMILES string of the molecule is O=C(Nc1ccccc1)Nc1cccc(NS(=O)(=O)c2ccccc2F)c1. The van der Waals surface area contributed by atoms with E-state index >= 15 is 0 Å². The first-order valence-electron chi connectivity index (χ1n) is 7.94.